The molecule has 0 unspecified atom stereocenters. The SMILES string of the molecule is COc1ccc(Cn2ncc3cc(C(=O)NCCCC(=O)O)cnc32)c(OC)c1. The van der Waals surface area contributed by atoms with Crippen LogP contribution in [0.25, 0.3) is 11.0 Å². The number of carbonyl (C=O) groups excluding carboxylic acids is 1. The zero-order valence-electron chi connectivity index (χ0n) is 16.2. The Morgan fingerprint density at radius 1 is 1.17 bits per heavy atom. The Kier molecular flexibility index (Phi) is 6.28. The van der Waals surface area contributed by atoms with Gasteiger partial charge in [0.15, 0.2) is 5.65 Å². The van der Waals surface area contributed by atoms with Crippen LogP contribution in [-0.2, 0) is 11.3 Å². The number of benzene rings is 1. The van der Waals surface area contributed by atoms with Crippen LogP contribution in [-0.4, -0.2) is 52.5 Å². The predicted molar refractivity (Wildman–Crippen MR) is 105 cm³/mol. The van der Waals surface area contributed by atoms with Crippen LogP contribution in [0, 0.1) is 0 Å². The quantitative estimate of drug-likeness (QED) is 0.530. The van der Waals surface area contributed by atoms with Crippen molar-refractivity contribution in [3.8, 4) is 11.5 Å². The number of methoxy groups -OCH3 is 2. The van der Waals surface area contributed by atoms with Gasteiger partial charge in [-0.1, -0.05) is 0 Å². The molecule has 0 radical (unpaired) electrons. The molecule has 0 aliphatic rings. The summed E-state index contributed by atoms with van der Waals surface area (Å²) in [6, 6.07) is 7.28. The normalized spacial score (nSPS) is 10.7. The molecule has 2 aromatic heterocycles. The predicted octanol–water partition coefficient (Wildman–Crippen LogP) is 2.09. The minimum absolute atomic E-state index is 0.0131. The van der Waals surface area contributed by atoms with Crippen molar-refractivity contribution in [1.29, 1.82) is 0 Å². The van der Waals surface area contributed by atoms with E-state index >= 15 is 0 Å². The first-order valence-electron chi connectivity index (χ1n) is 9.04. The van der Waals surface area contributed by atoms with Crippen LogP contribution in [0.5, 0.6) is 11.5 Å². The van der Waals surface area contributed by atoms with Crippen LogP contribution >= 0.6 is 0 Å². The van der Waals surface area contributed by atoms with Crippen molar-refractivity contribution in [3.05, 3.63) is 47.8 Å². The lowest BCUT2D eigenvalue weighted by molar-refractivity contribution is -0.137. The van der Waals surface area contributed by atoms with Gasteiger partial charge in [0, 0.05) is 36.2 Å². The van der Waals surface area contributed by atoms with Crippen molar-refractivity contribution < 1.29 is 24.2 Å². The third-order valence-corrected chi connectivity index (χ3v) is 4.41. The Morgan fingerprint density at radius 3 is 2.72 bits per heavy atom. The topological polar surface area (TPSA) is 116 Å². The first kappa shape index (κ1) is 20.1. The van der Waals surface area contributed by atoms with E-state index in [4.69, 9.17) is 14.6 Å². The summed E-state index contributed by atoms with van der Waals surface area (Å²) in [7, 11) is 3.19. The second-order valence-electron chi connectivity index (χ2n) is 6.37. The molecule has 152 valence electrons. The highest BCUT2D eigenvalue weighted by atomic mass is 16.5. The molecule has 0 saturated heterocycles. The Bertz CT molecular complexity index is 1030. The molecule has 0 spiro atoms. The van der Waals surface area contributed by atoms with Gasteiger partial charge in [-0.25, -0.2) is 9.67 Å². The number of hydrogen-bond donors (Lipinski definition) is 2. The number of amides is 1. The lowest BCUT2D eigenvalue weighted by atomic mass is 10.2. The molecule has 1 amide bonds. The minimum Gasteiger partial charge on any atom is -0.497 e. The van der Waals surface area contributed by atoms with Crippen LogP contribution in [0.4, 0.5) is 0 Å². The van der Waals surface area contributed by atoms with E-state index in [-0.39, 0.29) is 12.3 Å². The fourth-order valence-electron chi connectivity index (χ4n) is 2.90. The molecule has 2 heterocycles. The van der Waals surface area contributed by atoms with Crippen molar-refractivity contribution in [3.63, 3.8) is 0 Å². The molecule has 3 aromatic rings. The Hall–Kier alpha value is -3.62. The van der Waals surface area contributed by atoms with Gasteiger partial charge in [-0.05, 0) is 24.6 Å². The fourth-order valence-corrected chi connectivity index (χ4v) is 2.90. The van der Waals surface area contributed by atoms with Crippen LogP contribution in [0.3, 0.4) is 0 Å². The van der Waals surface area contributed by atoms with E-state index in [0.717, 1.165) is 10.9 Å². The number of carbonyl (C=O) groups is 2. The highest BCUT2D eigenvalue weighted by Gasteiger charge is 2.12. The second kappa shape index (κ2) is 9.05. The molecule has 9 heteroatoms. The van der Waals surface area contributed by atoms with Gasteiger partial charge in [0.1, 0.15) is 11.5 Å². The number of carboxylic acid groups (broad SMARTS) is 1. The van der Waals surface area contributed by atoms with Gasteiger partial charge in [0.2, 0.25) is 0 Å². The molecular formula is C20H22N4O5. The summed E-state index contributed by atoms with van der Waals surface area (Å²) in [6.45, 7) is 0.740. The van der Waals surface area contributed by atoms with Crippen LogP contribution in [0.1, 0.15) is 28.8 Å². The summed E-state index contributed by atoms with van der Waals surface area (Å²) in [5.41, 5.74) is 1.96. The number of ether oxygens (including phenoxy) is 2. The maximum Gasteiger partial charge on any atom is 0.303 e. The highest BCUT2D eigenvalue weighted by molar-refractivity contribution is 5.96. The number of carboxylic acids is 1. The molecule has 0 atom stereocenters. The van der Waals surface area contributed by atoms with Crippen LogP contribution in [0.2, 0.25) is 0 Å². The van der Waals surface area contributed by atoms with E-state index in [1.807, 2.05) is 12.1 Å². The van der Waals surface area contributed by atoms with Gasteiger partial charge in [-0.2, -0.15) is 5.10 Å². The molecule has 0 aliphatic carbocycles. The zero-order valence-corrected chi connectivity index (χ0v) is 16.2. The Balaban J connectivity index is 1.74. The first-order valence-corrected chi connectivity index (χ1v) is 9.04. The van der Waals surface area contributed by atoms with E-state index in [2.05, 4.69) is 15.4 Å². The molecule has 0 bridgehead atoms. The first-order chi connectivity index (χ1) is 14.0. The van der Waals surface area contributed by atoms with Crippen molar-refractivity contribution in [2.75, 3.05) is 20.8 Å². The second-order valence-corrected chi connectivity index (χ2v) is 6.37. The maximum atomic E-state index is 12.2. The Labute approximate surface area is 167 Å². The van der Waals surface area contributed by atoms with Gasteiger partial charge in [0.25, 0.3) is 5.91 Å². The number of nitrogens with zero attached hydrogens (tertiary/aromatic N) is 3. The van der Waals surface area contributed by atoms with Crippen molar-refractivity contribution >= 4 is 22.9 Å². The number of aromatic nitrogens is 3. The van der Waals surface area contributed by atoms with E-state index in [0.29, 0.717) is 42.2 Å². The minimum atomic E-state index is -0.886. The van der Waals surface area contributed by atoms with Crippen molar-refractivity contribution in [1.82, 2.24) is 20.1 Å². The summed E-state index contributed by atoms with van der Waals surface area (Å²) < 4.78 is 12.4. The van der Waals surface area contributed by atoms with Crippen LogP contribution < -0.4 is 14.8 Å². The summed E-state index contributed by atoms with van der Waals surface area (Å²) in [6.07, 6.45) is 3.52. The third kappa shape index (κ3) is 4.81. The van der Waals surface area contributed by atoms with Gasteiger partial charge in [-0.15, -0.1) is 0 Å². The molecule has 0 aliphatic heterocycles. The van der Waals surface area contributed by atoms with E-state index in [1.165, 1.54) is 6.20 Å². The lowest BCUT2D eigenvalue weighted by Gasteiger charge is -2.11. The molecule has 2 N–H and O–H groups in total. The largest absolute Gasteiger partial charge is 0.497 e. The van der Waals surface area contributed by atoms with Gasteiger partial charge in [-0.3, -0.25) is 9.59 Å². The number of pyridine rings is 1. The van der Waals surface area contributed by atoms with Crippen LogP contribution in [0.15, 0.2) is 36.7 Å². The standard InChI is InChI=1S/C20H22N4O5/c1-28-16-6-5-13(17(9-16)29-2)12-24-19-14(11-23-24)8-15(10-22-19)20(27)21-7-3-4-18(25)26/h5-6,8-11H,3-4,7,12H2,1-2H3,(H,21,27)(H,25,26). The number of fused-ring (bicyclic) bond motifs is 1. The summed E-state index contributed by atoms with van der Waals surface area (Å²) in [5.74, 6) is 0.205. The highest BCUT2D eigenvalue weighted by Crippen LogP contribution is 2.26. The smallest absolute Gasteiger partial charge is 0.303 e. The van der Waals surface area contributed by atoms with Crippen molar-refractivity contribution in [2.24, 2.45) is 0 Å². The van der Waals surface area contributed by atoms with Gasteiger partial charge >= 0.3 is 5.97 Å². The average Bonchev–Trinajstić information content (AvgIpc) is 3.13. The lowest BCUT2D eigenvalue weighted by Crippen LogP contribution is -2.25. The van der Waals surface area contributed by atoms with Crippen molar-refractivity contribution in [2.45, 2.75) is 19.4 Å². The fraction of sp³-hybridized carbons (Fsp3) is 0.300. The zero-order chi connectivity index (χ0) is 20.8. The number of rotatable bonds is 9. The number of aliphatic carboxylic acids is 1. The average molecular weight is 398 g/mol. The summed E-state index contributed by atoms with van der Waals surface area (Å²) in [5, 5.41) is 16.4. The molecule has 1 aromatic carbocycles. The third-order valence-electron chi connectivity index (χ3n) is 4.41. The number of hydrogen-bond acceptors (Lipinski definition) is 6. The van der Waals surface area contributed by atoms with Gasteiger partial charge in [0.05, 0.1) is 32.5 Å². The summed E-state index contributed by atoms with van der Waals surface area (Å²) in [4.78, 5) is 27.1. The molecule has 9 nitrogen and oxygen atoms in total. The summed E-state index contributed by atoms with van der Waals surface area (Å²) >= 11 is 0. The molecule has 3 rings (SSSR count). The molecule has 0 saturated carbocycles. The monoisotopic (exact) mass is 398 g/mol. The van der Waals surface area contributed by atoms with E-state index in [9.17, 15) is 9.59 Å². The van der Waals surface area contributed by atoms with E-state index in [1.54, 1.807) is 37.2 Å². The van der Waals surface area contributed by atoms with Gasteiger partial charge < -0.3 is 19.9 Å². The van der Waals surface area contributed by atoms with E-state index < -0.39 is 5.97 Å². The Morgan fingerprint density at radius 2 is 2.00 bits per heavy atom. The molecule has 0 fully saturated rings. The number of nitrogens with one attached hydrogen (secondary N) is 1. The maximum absolute atomic E-state index is 12.2. The molecule has 29 heavy (non-hydrogen) atoms. The molecular weight excluding hydrogens is 376 g/mol.